The number of nitrogens with one attached hydrogen (secondary N) is 3. The third-order valence-corrected chi connectivity index (χ3v) is 4.04. The summed E-state index contributed by atoms with van der Waals surface area (Å²) < 4.78 is 5.23. The first-order valence-electron chi connectivity index (χ1n) is 8.33. The van der Waals surface area contributed by atoms with Crippen LogP contribution in [-0.4, -0.2) is 12.2 Å². The van der Waals surface area contributed by atoms with Gasteiger partial charge in [0.25, 0.3) is 0 Å². The number of methoxy groups -OCH3 is 1. The van der Waals surface area contributed by atoms with Crippen LogP contribution in [0.15, 0.2) is 78.9 Å². The van der Waals surface area contributed by atoms with Gasteiger partial charge >= 0.3 is 0 Å². The quantitative estimate of drug-likeness (QED) is 0.542. The average Bonchev–Trinajstić information content (AvgIpc) is 2.69. The highest BCUT2D eigenvalue weighted by Crippen LogP contribution is 2.18. The van der Waals surface area contributed by atoms with E-state index >= 15 is 0 Å². The van der Waals surface area contributed by atoms with E-state index in [-0.39, 0.29) is 0 Å². The first-order chi connectivity index (χ1) is 12.7. The molecular formula is C21H21N3OS. The van der Waals surface area contributed by atoms with E-state index in [1.54, 1.807) is 7.11 Å². The van der Waals surface area contributed by atoms with Crippen molar-refractivity contribution >= 4 is 34.4 Å². The Morgan fingerprint density at radius 2 is 1.54 bits per heavy atom. The summed E-state index contributed by atoms with van der Waals surface area (Å²) in [5.74, 6) is 0.838. The van der Waals surface area contributed by atoms with Crippen molar-refractivity contribution in [1.29, 1.82) is 0 Å². The molecule has 0 heterocycles. The third kappa shape index (κ3) is 5.22. The lowest BCUT2D eigenvalue weighted by Gasteiger charge is -2.12. The molecule has 0 fully saturated rings. The summed E-state index contributed by atoms with van der Waals surface area (Å²) in [6, 6.07) is 26.0. The second kappa shape index (κ2) is 8.87. The van der Waals surface area contributed by atoms with Crippen LogP contribution in [0.1, 0.15) is 5.56 Å². The molecule has 0 aliphatic carbocycles. The van der Waals surface area contributed by atoms with Crippen molar-refractivity contribution in [2.24, 2.45) is 0 Å². The molecule has 0 aliphatic rings. The molecule has 3 aromatic carbocycles. The lowest BCUT2D eigenvalue weighted by molar-refractivity contribution is 0.414. The third-order valence-electron chi connectivity index (χ3n) is 3.79. The zero-order valence-corrected chi connectivity index (χ0v) is 15.3. The van der Waals surface area contributed by atoms with Crippen LogP contribution in [0.5, 0.6) is 5.75 Å². The number of anilines is 3. The Bertz CT molecular complexity index is 851. The van der Waals surface area contributed by atoms with Crippen LogP contribution in [0, 0.1) is 0 Å². The predicted octanol–water partition coefficient (Wildman–Crippen LogP) is 4.93. The summed E-state index contributed by atoms with van der Waals surface area (Å²) in [6.45, 7) is 0.636. The Morgan fingerprint density at radius 1 is 0.846 bits per heavy atom. The molecule has 0 aliphatic heterocycles. The highest BCUT2D eigenvalue weighted by Gasteiger charge is 2.00. The number of hydrogen-bond acceptors (Lipinski definition) is 3. The summed E-state index contributed by atoms with van der Waals surface area (Å²) in [5.41, 5.74) is 4.13. The minimum absolute atomic E-state index is 0.580. The van der Waals surface area contributed by atoms with Crippen LogP contribution >= 0.6 is 12.2 Å². The van der Waals surface area contributed by atoms with Crippen molar-refractivity contribution in [2.45, 2.75) is 6.54 Å². The van der Waals surface area contributed by atoms with E-state index in [4.69, 9.17) is 17.0 Å². The minimum atomic E-state index is 0.580. The summed E-state index contributed by atoms with van der Waals surface area (Å²) in [6.07, 6.45) is 0. The molecule has 3 aromatic rings. The van der Waals surface area contributed by atoms with Crippen molar-refractivity contribution in [2.75, 3.05) is 17.7 Å². The van der Waals surface area contributed by atoms with Crippen molar-refractivity contribution < 1.29 is 4.74 Å². The lowest BCUT2D eigenvalue weighted by atomic mass is 10.2. The minimum Gasteiger partial charge on any atom is -0.497 e. The van der Waals surface area contributed by atoms with E-state index in [0.717, 1.165) is 28.4 Å². The van der Waals surface area contributed by atoms with Crippen molar-refractivity contribution in [3.05, 3.63) is 84.4 Å². The van der Waals surface area contributed by atoms with Crippen molar-refractivity contribution in [3.8, 4) is 5.75 Å². The zero-order valence-electron chi connectivity index (χ0n) is 14.5. The van der Waals surface area contributed by atoms with E-state index in [9.17, 15) is 0 Å². The Labute approximate surface area is 159 Å². The van der Waals surface area contributed by atoms with E-state index in [1.165, 1.54) is 0 Å². The Kier molecular flexibility index (Phi) is 6.06. The van der Waals surface area contributed by atoms with Gasteiger partial charge in [-0.05, 0) is 66.3 Å². The highest BCUT2D eigenvalue weighted by atomic mass is 32.1. The van der Waals surface area contributed by atoms with E-state index < -0.39 is 0 Å². The van der Waals surface area contributed by atoms with Gasteiger partial charge in [0.05, 0.1) is 7.11 Å². The highest BCUT2D eigenvalue weighted by molar-refractivity contribution is 7.80. The maximum atomic E-state index is 5.37. The van der Waals surface area contributed by atoms with Gasteiger partial charge in [0.15, 0.2) is 5.11 Å². The molecule has 0 atom stereocenters. The number of rotatable bonds is 6. The molecule has 0 radical (unpaired) electrons. The Morgan fingerprint density at radius 3 is 2.27 bits per heavy atom. The fourth-order valence-corrected chi connectivity index (χ4v) is 2.66. The molecular weight excluding hydrogens is 342 g/mol. The molecule has 0 bridgehead atoms. The van der Waals surface area contributed by atoms with Gasteiger partial charge in [-0.25, -0.2) is 0 Å². The van der Waals surface area contributed by atoms with Gasteiger partial charge in [-0.3, -0.25) is 0 Å². The Hall–Kier alpha value is -3.05. The van der Waals surface area contributed by atoms with Crippen LogP contribution in [-0.2, 0) is 6.54 Å². The molecule has 132 valence electrons. The molecule has 5 heteroatoms. The van der Waals surface area contributed by atoms with Crippen LogP contribution in [0.25, 0.3) is 0 Å². The van der Waals surface area contributed by atoms with Gasteiger partial charge in [-0.15, -0.1) is 0 Å². The number of hydrogen-bond donors (Lipinski definition) is 3. The van der Waals surface area contributed by atoms with Crippen LogP contribution in [0.3, 0.4) is 0 Å². The smallest absolute Gasteiger partial charge is 0.171 e. The van der Waals surface area contributed by atoms with E-state index in [0.29, 0.717) is 11.7 Å². The number of para-hydroxylation sites is 1. The molecule has 0 spiro atoms. The molecule has 3 rings (SSSR count). The van der Waals surface area contributed by atoms with Crippen LogP contribution in [0.2, 0.25) is 0 Å². The number of thiocarbonyl (C=S) groups is 1. The SMILES string of the molecule is COc1cccc(CNC(=S)Nc2ccc(Nc3ccccc3)cc2)c1. The summed E-state index contributed by atoms with van der Waals surface area (Å²) in [7, 11) is 1.66. The fourth-order valence-electron chi connectivity index (χ4n) is 2.47. The first kappa shape index (κ1) is 17.8. The van der Waals surface area contributed by atoms with Crippen LogP contribution in [0.4, 0.5) is 17.1 Å². The van der Waals surface area contributed by atoms with Gasteiger partial charge in [-0.2, -0.15) is 0 Å². The maximum Gasteiger partial charge on any atom is 0.171 e. The predicted molar refractivity (Wildman–Crippen MR) is 112 cm³/mol. The normalized spacial score (nSPS) is 10.0. The number of benzene rings is 3. The second-order valence-electron chi connectivity index (χ2n) is 5.73. The maximum absolute atomic E-state index is 5.37. The largest absolute Gasteiger partial charge is 0.497 e. The Balaban J connectivity index is 1.51. The van der Waals surface area contributed by atoms with Crippen molar-refractivity contribution in [1.82, 2.24) is 5.32 Å². The van der Waals surface area contributed by atoms with E-state index in [1.807, 2.05) is 78.9 Å². The molecule has 4 nitrogen and oxygen atoms in total. The van der Waals surface area contributed by atoms with Gasteiger partial charge in [-0.1, -0.05) is 30.3 Å². The van der Waals surface area contributed by atoms with E-state index in [2.05, 4.69) is 16.0 Å². The molecule has 26 heavy (non-hydrogen) atoms. The van der Waals surface area contributed by atoms with Gasteiger partial charge in [0.2, 0.25) is 0 Å². The molecule has 3 N–H and O–H groups in total. The molecule has 0 saturated heterocycles. The standard InChI is InChI=1S/C21H21N3OS/c1-25-20-9-5-6-16(14-20)15-22-21(26)24-19-12-10-18(11-13-19)23-17-7-3-2-4-8-17/h2-14,23H,15H2,1H3,(H2,22,24,26). The summed E-state index contributed by atoms with van der Waals surface area (Å²) in [4.78, 5) is 0. The molecule has 0 aromatic heterocycles. The second-order valence-corrected chi connectivity index (χ2v) is 6.14. The first-order valence-corrected chi connectivity index (χ1v) is 8.74. The summed E-state index contributed by atoms with van der Waals surface area (Å²) >= 11 is 5.37. The van der Waals surface area contributed by atoms with Gasteiger partial charge < -0.3 is 20.7 Å². The van der Waals surface area contributed by atoms with Crippen molar-refractivity contribution in [3.63, 3.8) is 0 Å². The topological polar surface area (TPSA) is 45.3 Å². The fraction of sp³-hybridized carbons (Fsp3) is 0.0952. The number of ether oxygens (including phenoxy) is 1. The monoisotopic (exact) mass is 363 g/mol. The van der Waals surface area contributed by atoms with Gasteiger partial charge in [0, 0.05) is 23.6 Å². The molecule has 0 saturated carbocycles. The summed E-state index contributed by atoms with van der Waals surface area (Å²) in [5, 5.41) is 10.3. The zero-order chi connectivity index (χ0) is 18.2. The lowest BCUT2D eigenvalue weighted by Crippen LogP contribution is -2.27. The van der Waals surface area contributed by atoms with Gasteiger partial charge in [0.1, 0.15) is 5.75 Å². The average molecular weight is 363 g/mol. The molecule has 0 unspecified atom stereocenters. The molecule has 0 amide bonds. The van der Waals surface area contributed by atoms with Crippen LogP contribution < -0.4 is 20.7 Å².